The lowest BCUT2D eigenvalue weighted by Gasteiger charge is -2.15. The lowest BCUT2D eigenvalue weighted by molar-refractivity contribution is 0.0940. The van der Waals surface area contributed by atoms with Crippen LogP contribution in [0.1, 0.15) is 35.2 Å². The van der Waals surface area contributed by atoms with Crippen LogP contribution in [0.15, 0.2) is 12.1 Å². The number of aliphatic hydroxyl groups is 1. The first-order chi connectivity index (χ1) is 8.97. The van der Waals surface area contributed by atoms with Gasteiger partial charge in [0, 0.05) is 30.0 Å². The number of rotatable bonds is 5. The zero-order valence-electron chi connectivity index (χ0n) is 11.0. The first-order valence-corrected chi connectivity index (χ1v) is 6.42. The van der Waals surface area contributed by atoms with Gasteiger partial charge >= 0.3 is 0 Å². The Balaban J connectivity index is 2.01. The summed E-state index contributed by atoms with van der Waals surface area (Å²) in [4.78, 5) is 11.9. The van der Waals surface area contributed by atoms with E-state index in [0.29, 0.717) is 18.5 Å². The van der Waals surface area contributed by atoms with Crippen LogP contribution in [0.2, 0.25) is 0 Å². The Morgan fingerprint density at radius 1 is 1.53 bits per heavy atom. The SMILES string of the molecule is Cc1c(N)cc(C(=O)NCC2(CCO)CC2)cc1F. The molecule has 0 bridgehead atoms. The zero-order valence-corrected chi connectivity index (χ0v) is 11.0. The molecule has 2 rings (SSSR count). The summed E-state index contributed by atoms with van der Waals surface area (Å²) < 4.78 is 13.5. The number of anilines is 1. The average molecular weight is 266 g/mol. The number of nitrogens with two attached hydrogens (primary N) is 1. The molecule has 0 radical (unpaired) electrons. The third kappa shape index (κ3) is 3.04. The van der Waals surface area contributed by atoms with Crippen LogP contribution in [0.3, 0.4) is 0 Å². The Labute approximate surface area is 111 Å². The molecular weight excluding hydrogens is 247 g/mol. The summed E-state index contributed by atoms with van der Waals surface area (Å²) in [6, 6.07) is 2.69. The van der Waals surface area contributed by atoms with Crippen LogP contribution >= 0.6 is 0 Å². The van der Waals surface area contributed by atoms with Crippen LogP contribution in [0.25, 0.3) is 0 Å². The Bertz CT molecular complexity index is 475. The predicted molar refractivity (Wildman–Crippen MR) is 71.3 cm³/mol. The number of amides is 1. The van der Waals surface area contributed by atoms with Gasteiger partial charge in [-0.3, -0.25) is 4.79 Å². The molecule has 0 spiro atoms. The molecule has 4 N–H and O–H groups in total. The zero-order chi connectivity index (χ0) is 14.0. The number of halogens is 1. The van der Waals surface area contributed by atoms with Crippen LogP contribution in [0, 0.1) is 18.2 Å². The lowest BCUT2D eigenvalue weighted by atomic mass is 10.0. The quantitative estimate of drug-likeness (QED) is 0.709. The Kier molecular flexibility index (Phi) is 3.75. The van der Waals surface area contributed by atoms with Crippen molar-refractivity contribution in [3.05, 3.63) is 29.1 Å². The fourth-order valence-electron chi connectivity index (χ4n) is 2.13. The molecule has 1 aliphatic carbocycles. The number of carbonyl (C=O) groups is 1. The standard InChI is InChI=1S/C14H19FN2O2/c1-9-11(15)6-10(7-12(9)16)13(19)17-8-14(2-3-14)4-5-18/h6-7,18H,2-5,8,16H2,1H3,(H,17,19). The summed E-state index contributed by atoms with van der Waals surface area (Å²) >= 11 is 0. The summed E-state index contributed by atoms with van der Waals surface area (Å²) in [6.07, 6.45) is 2.72. The number of nitrogens with one attached hydrogen (secondary N) is 1. The summed E-state index contributed by atoms with van der Waals surface area (Å²) in [6.45, 7) is 2.22. The van der Waals surface area contributed by atoms with Crippen LogP contribution in [0.4, 0.5) is 10.1 Å². The summed E-state index contributed by atoms with van der Waals surface area (Å²) in [7, 11) is 0. The minimum absolute atomic E-state index is 0.0409. The Morgan fingerprint density at radius 2 is 2.21 bits per heavy atom. The van der Waals surface area contributed by atoms with E-state index in [0.717, 1.165) is 12.8 Å². The van der Waals surface area contributed by atoms with E-state index >= 15 is 0 Å². The maximum absolute atomic E-state index is 13.5. The smallest absolute Gasteiger partial charge is 0.251 e. The predicted octanol–water partition coefficient (Wildman–Crippen LogP) is 1.61. The molecule has 0 saturated heterocycles. The van der Waals surface area contributed by atoms with Crippen molar-refractivity contribution in [3.63, 3.8) is 0 Å². The van der Waals surface area contributed by atoms with Crippen LogP contribution in [-0.4, -0.2) is 24.2 Å². The molecule has 1 amide bonds. The Hall–Kier alpha value is -1.62. The van der Waals surface area contributed by atoms with Crippen molar-refractivity contribution in [2.75, 3.05) is 18.9 Å². The fraction of sp³-hybridized carbons (Fsp3) is 0.500. The van der Waals surface area contributed by atoms with Gasteiger partial charge in [0.2, 0.25) is 0 Å². The van der Waals surface area contributed by atoms with Crippen molar-refractivity contribution in [2.24, 2.45) is 5.41 Å². The van der Waals surface area contributed by atoms with E-state index in [4.69, 9.17) is 10.8 Å². The molecular formula is C14H19FN2O2. The van der Waals surface area contributed by atoms with Gasteiger partial charge in [0.1, 0.15) is 5.82 Å². The summed E-state index contributed by atoms with van der Waals surface area (Å²) in [5.74, 6) is -0.795. The molecule has 0 heterocycles. The molecule has 0 aromatic heterocycles. The van der Waals surface area contributed by atoms with E-state index < -0.39 is 5.82 Å². The molecule has 1 saturated carbocycles. The van der Waals surface area contributed by atoms with E-state index in [1.165, 1.54) is 12.1 Å². The van der Waals surface area contributed by atoms with E-state index in [-0.39, 0.29) is 29.2 Å². The molecule has 0 atom stereocenters. The van der Waals surface area contributed by atoms with Gasteiger partial charge in [-0.05, 0) is 43.7 Å². The molecule has 1 aromatic carbocycles. The molecule has 4 nitrogen and oxygen atoms in total. The van der Waals surface area contributed by atoms with Gasteiger partial charge in [-0.2, -0.15) is 0 Å². The Morgan fingerprint density at radius 3 is 2.74 bits per heavy atom. The maximum atomic E-state index is 13.5. The molecule has 104 valence electrons. The van der Waals surface area contributed by atoms with Crippen molar-refractivity contribution >= 4 is 11.6 Å². The van der Waals surface area contributed by atoms with Gasteiger partial charge in [-0.15, -0.1) is 0 Å². The van der Waals surface area contributed by atoms with Crippen molar-refractivity contribution in [1.82, 2.24) is 5.32 Å². The van der Waals surface area contributed by atoms with Gasteiger partial charge < -0.3 is 16.2 Å². The highest BCUT2D eigenvalue weighted by Gasteiger charge is 2.41. The second-order valence-electron chi connectivity index (χ2n) is 5.33. The number of aliphatic hydroxyl groups excluding tert-OH is 1. The lowest BCUT2D eigenvalue weighted by Crippen LogP contribution is -2.30. The molecule has 1 aromatic rings. The first kappa shape index (κ1) is 13.8. The van der Waals surface area contributed by atoms with Crippen molar-refractivity contribution < 1.29 is 14.3 Å². The van der Waals surface area contributed by atoms with Gasteiger partial charge in [-0.25, -0.2) is 4.39 Å². The van der Waals surface area contributed by atoms with Gasteiger partial charge in [-0.1, -0.05) is 0 Å². The number of nitrogen functional groups attached to an aromatic ring is 1. The minimum atomic E-state index is -0.471. The second-order valence-corrected chi connectivity index (χ2v) is 5.33. The van der Waals surface area contributed by atoms with Crippen molar-refractivity contribution in [2.45, 2.75) is 26.2 Å². The van der Waals surface area contributed by atoms with Crippen LogP contribution in [-0.2, 0) is 0 Å². The number of hydrogen-bond acceptors (Lipinski definition) is 3. The molecule has 0 aliphatic heterocycles. The number of carbonyl (C=O) groups excluding carboxylic acids is 1. The summed E-state index contributed by atoms with van der Waals surface area (Å²) in [5, 5.41) is 11.7. The first-order valence-electron chi connectivity index (χ1n) is 6.42. The molecule has 19 heavy (non-hydrogen) atoms. The normalized spacial score (nSPS) is 16.2. The van der Waals surface area contributed by atoms with Crippen molar-refractivity contribution in [3.8, 4) is 0 Å². The van der Waals surface area contributed by atoms with Gasteiger partial charge in [0.25, 0.3) is 5.91 Å². The topological polar surface area (TPSA) is 75.4 Å². The highest BCUT2D eigenvalue weighted by molar-refractivity contribution is 5.95. The molecule has 5 heteroatoms. The number of benzene rings is 1. The van der Waals surface area contributed by atoms with E-state index in [1.54, 1.807) is 6.92 Å². The highest BCUT2D eigenvalue weighted by atomic mass is 19.1. The number of hydrogen-bond donors (Lipinski definition) is 3. The third-order valence-electron chi connectivity index (χ3n) is 3.87. The monoisotopic (exact) mass is 266 g/mol. The van der Waals surface area contributed by atoms with E-state index in [9.17, 15) is 9.18 Å². The fourth-order valence-corrected chi connectivity index (χ4v) is 2.13. The molecule has 1 fully saturated rings. The average Bonchev–Trinajstić information content (AvgIpc) is 3.13. The van der Waals surface area contributed by atoms with Crippen LogP contribution < -0.4 is 11.1 Å². The van der Waals surface area contributed by atoms with Gasteiger partial charge in [0.05, 0.1) is 0 Å². The molecule has 1 aliphatic rings. The maximum Gasteiger partial charge on any atom is 0.251 e. The van der Waals surface area contributed by atoms with Gasteiger partial charge in [0.15, 0.2) is 0 Å². The highest BCUT2D eigenvalue weighted by Crippen LogP contribution is 2.47. The third-order valence-corrected chi connectivity index (χ3v) is 3.87. The molecule has 0 unspecified atom stereocenters. The largest absolute Gasteiger partial charge is 0.398 e. The van der Waals surface area contributed by atoms with E-state index in [2.05, 4.69) is 5.32 Å². The minimum Gasteiger partial charge on any atom is -0.398 e. The van der Waals surface area contributed by atoms with E-state index in [1.807, 2.05) is 0 Å². The van der Waals surface area contributed by atoms with Crippen molar-refractivity contribution in [1.29, 1.82) is 0 Å². The van der Waals surface area contributed by atoms with Crippen LogP contribution in [0.5, 0.6) is 0 Å². The second kappa shape index (κ2) is 5.17. The summed E-state index contributed by atoms with van der Waals surface area (Å²) in [5.41, 5.74) is 6.56.